The maximum absolute atomic E-state index is 12.1. The molecule has 1 unspecified atom stereocenters. The Labute approximate surface area is 100 Å². The molecule has 1 atom stereocenters. The monoisotopic (exact) mass is 228 g/mol. The number of rotatable bonds is 5. The fraction of sp³-hybridized carbons (Fsp3) is 0.923. The highest BCUT2D eigenvalue weighted by Crippen LogP contribution is 2.28. The summed E-state index contributed by atoms with van der Waals surface area (Å²) in [7, 11) is 0. The van der Waals surface area contributed by atoms with Crippen molar-refractivity contribution in [3.05, 3.63) is 0 Å². The third kappa shape index (κ3) is 4.97. The second-order valence-corrected chi connectivity index (χ2v) is 5.94. The van der Waals surface area contributed by atoms with E-state index < -0.39 is 0 Å². The van der Waals surface area contributed by atoms with Gasteiger partial charge in [-0.1, -0.05) is 27.7 Å². The van der Waals surface area contributed by atoms with Crippen LogP contribution in [-0.4, -0.2) is 29.9 Å². The average molecular weight is 228 g/mol. The van der Waals surface area contributed by atoms with Gasteiger partial charge in [0, 0.05) is 25.6 Å². The van der Waals surface area contributed by atoms with E-state index in [0.29, 0.717) is 25.4 Å². The highest BCUT2D eigenvalue weighted by atomic mass is 16.2. The third-order valence-electron chi connectivity index (χ3n) is 3.27. The topological polar surface area (TPSA) is 46.3 Å². The van der Waals surface area contributed by atoms with E-state index in [2.05, 4.69) is 27.7 Å². The van der Waals surface area contributed by atoms with Crippen molar-refractivity contribution in [1.82, 2.24) is 4.90 Å². The molecule has 0 aliphatic heterocycles. The maximum atomic E-state index is 12.1. The summed E-state index contributed by atoms with van der Waals surface area (Å²) in [4.78, 5) is 14.0. The van der Waals surface area contributed by atoms with Crippen molar-refractivity contribution in [2.75, 3.05) is 13.1 Å². The van der Waals surface area contributed by atoms with Crippen molar-refractivity contribution in [3.63, 3.8) is 0 Å². The van der Waals surface area contributed by atoms with Crippen LogP contribution in [0.3, 0.4) is 0 Å². The van der Waals surface area contributed by atoms with Crippen LogP contribution in [0.5, 0.6) is 0 Å². The Morgan fingerprint density at radius 1 is 1.25 bits per heavy atom. The van der Waals surface area contributed by atoms with Gasteiger partial charge < -0.3 is 10.6 Å². The van der Waals surface area contributed by atoms with Crippen LogP contribution in [0.2, 0.25) is 0 Å². The van der Waals surface area contributed by atoms with Crippen molar-refractivity contribution in [2.24, 2.45) is 17.1 Å². The molecule has 0 fully saturated rings. The van der Waals surface area contributed by atoms with Gasteiger partial charge in [-0.05, 0) is 25.2 Å². The highest BCUT2D eigenvalue weighted by molar-refractivity contribution is 5.76. The van der Waals surface area contributed by atoms with Gasteiger partial charge >= 0.3 is 0 Å². The van der Waals surface area contributed by atoms with Crippen molar-refractivity contribution in [2.45, 2.75) is 54.0 Å². The van der Waals surface area contributed by atoms with Gasteiger partial charge in [0.05, 0.1) is 0 Å². The van der Waals surface area contributed by atoms with Crippen molar-refractivity contribution >= 4 is 5.91 Å². The summed E-state index contributed by atoms with van der Waals surface area (Å²) in [5, 5.41) is 0. The highest BCUT2D eigenvalue weighted by Gasteiger charge is 2.25. The molecule has 96 valence electrons. The lowest BCUT2D eigenvalue weighted by molar-refractivity contribution is -0.134. The van der Waals surface area contributed by atoms with Gasteiger partial charge in [0.1, 0.15) is 0 Å². The zero-order chi connectivity index (χ0) is 12.9. The molecule has 0 spiro atoms. The fourth-order valence-corrected chi connectivity index (χ4v) is 1.50. The molecular weight excluding hydrogens is 200 g/mol. The number of amides is 1. The minimum atomic E-state index is 0.182. The van der Waals surface area contributed by atoms with Crippen molar-refractivity contribution in [1.29, 1.82) is 0 Å². The van der Waals surface area contributed by atoms with Gasteiger partial charge in [-0.15, -0.1) is 0 Å². The summed E-state index contributed by atoms with van der Waals surface area (Å²) in [5.41, 5.74) is 5.71. The van der Waals surface area contributed by atoms with Gasteiger partial charge in [-0.25, -0.2) is 0 Å². The van der Waals surface area contributed by atoms with Crippen LogP contribution in [0.15, 0.2) is 0 Å². The molecule has 1 amide bonds. The van der Waals surface area contributed by atoms with E-state index in [9.17, 15) is 4.79 Å². The van der Waals surface area contributed by atoms with Crippen LogP contribution in [-0.2, 0) is 4.79 Å². The molecule has 3 nitrogen and oxygen atoms in total. The molecule has 0 aromatic carbocycles. The van der Waals surface area contributed by atoms with E-state index in [-0.39, 0.29) is 17.4 Å². The quantitative estimate of drug-likeness (QED) is 0.784. The standard InChI is InChI=1S/C13H28N2O/c1-10(2)15(8-7-14)12(16)9-11(3)13(4,5)6/h10-11H,7-9,14H2,1-6H3. The van der Waals surface area contributed by atoms with E-state index in [4.69, 9.17) is 5.73 Å². The Hall–Kier alpha value is -0.570. The lowest BCUT2D eigenvalue weighted by Crippen LogP contribution is -2.41. The number of carbonyl (C=O) groups is 1. The molecule has 0 bridgehead atoms. The van der Waals surface area contributed by atoms with E-state index in [1.54, 1.807) is 0 Å². The molecule has 0 aromatic rings. The zero-order valence-electron chi connectivity index (χ0n) is 11.7. The Bertz CT molecular complexity index is 218. The van der Waals surface area contributed by atoms with E-state index in [1.807, 2.05) is 18.7 Å². The van der Waals surface area contributed by atoms with Crippen molar-refractivity contribution < 1.29 is 4.79 Å². The van der Waals surface area contributed by atoms with Crippen molar-refractivity contribution in [3.8, 4) is 0 Å². The lowest BCUT2D eigenvalue weighted by Gasteiger charge is -2.31. The summed E-state index contributed by atoms with van der Waals surface area (Å²) in [6.07, 6.45) is 0.613. The van der Waals surface area contributed by atoms with Crippen LogP contribution < -0.4 is 5.73 Å². The first kappa shape index (κ1) is 15.4. The van der Waals surface area contributed by atoms with Crippen LogP contribution in [0.25, 0.3) is 0 Å². The Kier molecular flexibility index (Phi) is 6.01. The van der Waals surface area contributed by atoms with Gasteiger partial charge in [-0.3, -0.25) is 4.79 Å². The Balaban J connectivity index is 4.42. The predicted octanol–water partition coefficient (Wildman–Crippen LogP) is 2.25. The molecule has 2 N–H and O–H groups in total. The molecule has 16 heavy (non-hydrogen) atoms. The Morgan fingerprint density at radius 3 is 2.06 bits per heavy atom. The number of carbonyl (C=O) groups excluding carboxylic acids is 1. The minimum Gasteiger partial charge on any atom is -0.339 e. The smallest absolute Gasteiger partial charge is 0.223 e. The molecular formula is C13H28N2O. The first-order valence-corrected chi connectivity index (χ1v) is 6.19. The molecule has 0 rings (SSSR count). The molecule has 0 aliphatic rings. The SMILES string of the molecule is CC(C)N(CCN)C(=O)CC(C)C(C)(C)C. The fourth-order valence-electron chi connectivity index (χ4n) is 1.50. The largest absolute Gasteiger partial charge is 0.339 e. The maximum Gasteiger partial charge on any atom is 0.223 e. The lowest BCUT2D eigenvalue weighted by atomic mass is 9.80. The van der Waals surface area contributed by atoms with Gasteiger partial charge in [0.15, 0.2) is 0 Å². The second kappa shape index (κ2) is 6.24. The predicted molar refractivity (Wildman–Crippen MR) is 69.1 cm³/mol. The molecule has 0 aliphatic carbocycles. The summed E-state index contributed by atoms with van der Waals surface area (Å²) in [6, 6.07) is 0.239. The second-order valence-electron chi connectivity index (χ2n) is 5.94. The molecule has 0 saturated carbocycles. The zero-order valence-corrected chi connectivity index (χ0v) is 11.7. The van der Waals surface area contributed by atoms with Gasteiger partial charge in [0.25, 0.3) is 0 Å². The summed E-state index contributed by atoms with van der Waals surface area (Å²) in [5.74, 6) is 0.613. The minimum absolute atomic E-state index is 0.182. The molecule has 0 heterocycles. The Morgan fingerprint density at radius 2 is 1.75 bits per heavy atom. The van der Waals surface area contributed by atoms with Crippen LogP contribution >= 0.6 is 0 Å². The number of hydrogen-bond acceptors (Lipinski definition) is 2. The van der Waals surface area contributed by atoms with E-state index in [0.717, 1.165) is 0 Å². The first-order valence-electron chi connectivity index (χ1n) is 6.19. The first-order chi connectivity index (χ1) is 7.20. The average Bonchev–Trinajstić information content (AvgIpc) is 2.11. The molecule has 0 radical (unpaired) electrons. The van der Waals surface area contributed by atoms with Gasteiger partial charge in [0.2, 0.25) is 5.91 Å². The molecule has 3 heteroatoms. The van der Waals surface area contributed by atoms with Gasteiger partial charge in [-0.2, -0.15) is 0 Å². The number of nitrogens with two attached hydrogens (primary N) is 1. The number of hydrogen-bond donors (Lipinski definition) is 1. The van der Waals surface area contributed by atoms with Crippen LogP contribution in [0, 0.1) is 11.3 Å². The molecule has 0 aromatic heterocycles. The number of nitrogens with zero attached hydrogens (tertiary/aromatic N) is 1. The molecule has 0 saturated heterocycles. The van der Waals surface area contributed by atoms with E-state index in [1.165, 1.54) is 0 Å². The third-order valence-corrected chi connectivity index (χ3v) is 3.27. The summed E-state index contributed by atoms with van der Waals surface area (Å²) >= 11 is 0. The summed E-state index contributed by atoms with van der Waals surface area (Å²) in [6.45, 7) is 13.9. The van der Waals surface area contributed by atoms with E-state index >= 15 is 0 Å². The van der Waals surface area contributed by atoms with Crippen LogP contribution in [0.4, 0.5) is 0 Å². The summed E-state index contributed by atoms with van der Waals surface area (Å²) < 4.78 is 0. The van der Waals surface area contributed by atoms with Crippen LogP contribution in [0.1, 0.15) is 48.0 Å². The normalized spacial score (nSPS) is 14.0.